The predicted octanol–water partition coefficient (Wildman–Crippen LogP) is 1.41. The van der Waals surface area contributed by atoms with E-state index in [0.29, 0.717) is 19.2 Å². The minimum absolute atomic E-state index is 0.226. The number of nitrogens with zero attached hydrogens (tertiary/aromatic N) is 2. The number of hydrogen-bond acceptors (Lipinski definition) is 4. The molecule has 1 aromatic rings. The molecular weight excluding hydrogens is 319 g/mol. The fraction of sp³-hybridized carbons (Fsp3) is 0.545. The van der Waals surface area contributed by atoms with Crippen LogP contribution in [-0.4, -0.2) is 35.4 Å². The van der Waals surface area contributed by atoms with Crippen molar-refractivity contribution >= 4 is 28.4 Å². The highest BCUT2D eigenvalue weighted by Gasteiger charge is 2.35. The van der Waals surface area contributed by atoms with Crippen molar-refractivity contribution in [2.45, 2.75) is 25.0 Å². The topological polar surface area (TPSA) is 45.6 Å². The number of anilines is 1. The maximum atomic E-state index is 9.73. The van der Waals surface area contributed by atoms with E-state index in [1.165, 1.54) is 0 Å². The molecule has 0 radical (unpaired) electrons. The molecule has 4 nitrogen and oxygen atoms in total. The Morgan fingerprint density at radius 2 is 2.44 bits per heavy atom. The van der Waals surface area contributed by atoms with Crippen LogP contribution in [0.15, 0.2) is 12.3 Å². The van der Waals surface area contributed by atoms with Gasteiger partial charge in [0.2, 0.25) is 0 Å². The van der Waals surface area contributed by atoms with Gasteiger partial charge in [-0.05, 0) is 35.1 Å². The molecule has 1 N–H and O–H groups in total. The predicted molar refractivity (Wildman–Crippen MR) is 68.8 cm³/mol. The molecule has 1 saturated heterocycles. The lowest BCUT2D eigenvalue weighted by molar-refractivity contribution is 0.191. The van der Waals surface area contributed by atoms with Crippen LogP contribution in [0.4, 0.5) is 5.82 Å². The van der Waals surface area contributed by atoms with Crippen molar-refractivity contribution in [1.82, 2.24) is 4.98 Å². The van der Waals surface area contributed by atoms with Crippen molar-refractivity contribution in [1.29, 1.82) is 0 Å². The van der Waals surface area contributed by atoms with Gasteiger partial charge in [0, 0.05) is 25.2 Å². The van der Waals surface area contributed by atoms with E-state index in [1.807, 2.05) is 6.07 Å². The number of ether oxygens (including phenoxy) is 1. The van der Waals surface area contributed by atoms with Crippen LogP contribution < -0.4 is 9.64 Å². The van der Waals surface area contributed by atoms with E-state index in [2.05, 4.69) is 32.5 Å². The van der Waals surface area contributed by atoms with Gasteiger partial charge in [0.05, 0.1) is 16.3 Å². The molecule has 1 fully saturated rings. The number of hydrogen-bond donors (Lipinski definition) is 1. The first-order chi connectivity index (χ1) is 7.75. The summed E-state index contributed by atoms with van der Waals surface area (Å²) >= 11 is 2.27. The third-order valence-corrected chi connectivity index (χ3v) is 4.05. The first kappa shape index (κ1) is 10.6. The summed E-state index contributed by atoms with van der Waals surface area (Å²) in [5, 5.41) is 9.73. The van der Waals surface area contributed by atoms with Gasteiger partial charge in [-0.3, -0.25) is 0 Å². The quantitative estimate of drug-likeness (QED) is 0.730. The number of aliphatic hydroxyl groups excluding tert-OH is 1. The number of fused-ring (bicyclic) bond motifs is 3. The molecule has 0 spiro atoms. The minimum Gasteiger partial charge on any atom is -0.489 e. The van der Waals surface area contributed by atoms with Crippen LogP contribution in [0.1, 0.15) is 12.8 Å². The maximum Gasteiger partial charge on any atom is 0.175 e. The zero-order chi connectivity index (χ0) is 11.1. The highest BCUT2D eigenvalue weighted by atomic mass is 127. The average Bonchev–Trinajstić information content (AvgIpc) is 2.53. The van der Waals surface area contributed by atoms with Gasteiger partial charge in [-0.2, -0.15) is 0 Å². The molecule has 0 aliphatic carbocycles. The van der Waals surface area contributed by atoms with Gasteiger partial charge in [-0.1, -0.05) is 0 Å². The molecule has 3 rings (SSSR count). The SMILES string of the molecule is O[C@H]1C[C@H]2CCOc3c(I)ccnc3N2C1. The number of aromatic nitrogens is 1. The summed E-state index contributed by atoms with van der Waals surface area (Å²) in [5.41, 5.74) is 0. The molecule has 0 aromatic carbocycles. The summed E-state index contributed by atoms with van der Waals surface area (Å²) in [6.45, 7) is 1.39. The van der Waals surface area contributed by atoms with Crippen molar-refractivity contribution in [2.24, 2.45) is 0 Å². The van der Waals surface area contributed by atoms with Crippen LogP contribution in [0, 0.1) is 3.57 Å². The Hall–Kier alpha value is -0.560. The summed E-state index contributed by atoms with van der Waals surface area (Å²) in [7, 11) is 0. The summed E-state index contributed by atoms with van der Waals surface area (Å²) < 4.78 is 6.85. The fourth-order valence-corrected chi connectivity index (χ4v) is 3.03. The van der Waals surface area contributed by atoms with Gasteiger partial charge >= 0.3 is 0 Å². The van der Waals surface area contributed by atoms with Crippen LogP contribution in [0.3, 0.4) is 0 Å². The normalized spacial score (nSPS) is 28.0. The van der Waals surface area contributed by atoms with Gasteiger partial charge in [-0.25, -0.2) is 4.98 Å². The number of rotatable bonds is 0. The second kappa shape index (κ2) is 4.03. The van der Waals surface area contributed by atoms with E-state index < -0.39 is 0 Å². The van der Waals surface area contributed by atoms with E-state index in [0.717, 1.165) is 28.0 Å². The van der Waals surface area contributed by atoms with Gasteiger partial charge in [0.15, 0.2) is 11.6 Å². The second-order valence-corrected chi connectivity index (χ2v) is 5.44. The largest absolute Gasteiger partial charge is 0.489 e. The van der Waals surface area contributed by atoms with Gasteiger partial charge < -0.3 is 14.7 Å². The summed E-state index contributed by atoms with van der Waals surface area (Å²) in [6, 6.07) is 2.33. The summed E-state index contributed by atoms with van der Waals surface area (Å²) in [4.78, 5) is 6.59. The molecular formula is C11H13IN2O2. The van der Waals surface area contributed by atoms with Crippen molar-refractivity contribution in [3.05, 3.63) is 15.8 Å². The zero-order valence-electron chi connectivity index (χ0n) is 8.77. The van der Waals surface area contributed by atoms with Gasteiger partial charge in [-0.15, -0.1) is 0 Å². The Balaban J connectivity index is 2.05. The Bertz CT molecular complexity index is 413. The van der Waals surface area contributed by atoms with E-state index in [4.69, 9.17) is 4.74 Å². The molecule has 0 saturated carbocycles. The molecule has 86 valence electrons. The number of aliphatic hydroxyl groups is 1. The lowest BCUT2D eigenvalue weighted by atomic mass is 10.1. The van der Waals surface area contributed by atoms with Crippen LogP contribution in [0.2, 0.25) is 0 Å². The number of pyridine rings is 1. The zero-order valence-corrected chi connectivity index (χ0v) is 10.9. The van der Waals surface area contributed by atoms with Crippen LogP contribution in [0.5, 0.6) is 5.75 Å². The van der Waals surface area contributed by atoms with E-state index in [-0.39, 0.29) is 6.10 Å². The van der Waals surface area contributed by atoms with E-state index in [1.54, 1.807) is 6.20 Å². The van der Waals surface area contributed by atoms with Crippen molar-refractivity contribution in [3.63, 3.8) is 0 Å². The lowest BCUT2D eigenvalue weighted by Crippen LogP contribution is -2.29. The average molecular weight is 332 g/mol. The molecule has 0 amide bonds. The molecule has 0 unspecified atom stereocenters. The van der Waals surface area contributed by atoms with Crippen molar-refractivity contribution in [3.8, 4) is 5.75 Å². The highest BCUT2D eigenvalue weighted by Crippen LogP contribution is 2.38. The molecule has 3 heterocycles. The standard InChI is InChI=1S/C11H13IN2O2/c12-9-1-3-13-11-10(9)16-4-2-7-5-8(15)6-14(7)11/h1,3,7-8,15H,2,4-6H2/t7-,8+/m1/s1. The van der Waals surface area contributed by atoms with Crippen LogP contribution in [-0.2, 0) is 0 Å². The molecule has 1 aromatic heterocycles. The fourth-order valence-electron chi connectivity index (χ4n) is 2.47. The van der Waals surface area contributed by atoms with Crippen LogP contribution >= 0.6 is 22.6 Å². The summed E-state index contributed by atoms with van der Waals surface area (Å²) in [5.74, 6) is 1.77. The van der Waals surface area contributed by atoms with E-state index in [9.17, 15) is 5.11 Å². The first-order valence-corrected chi connectivity index (χ1v) is 6.55. The van der Waals surface area contributed by atoms with Crippen molar-refractivity contribution in [2.75, 3.05) is 18.1 Å². The third-order valence-electron chi connectivity index (χ3n) is 3.20. The maximum absolute atomic E-state index is 9.73. The molecule has 2 aliphatic rings. The second-order valence-electron chi connectivity index (χ2n) is 4.28. The third kappa shape index (κ3) is 1.66. The van der Waals surface area contributed by atoms with Crippen molar-refractivity contribution < 1.29 is 9.84 Å². The minimum atomic E-state index is -0.226. The Labute approximate surface area is 108 Å². The number of halogens is 1. The Kier molecular flexibility index (Phi) is 2.67. The Morgan fingerprint density at radius 3 is 3.31 bits per heavy atom. The van der Waals surface area contributed by atoms with E-state index >= 15 is 0 Å². The van der Waals surface area contributed by atoms with Gasteiger partial charge in [0.25, 0.3) is 0 Å². The van der Waals surface area contributed by atoms with Gasteiger partial charge in [0.1, 0.15) is 0 Å². The molecule has 0 bridgehead atoms. The molecule has 5 heteroatoms. The highest BCUT2D eigenvalue weighted by molar-refractivity contribution is 14.1. The molecule has 2 atom stereocenters. The van der Waals surface area contributed by atoms with Crippen LogP contribution in [0.25, 0.3) is 0 Å². The lowest BCUT2D eigenvalue weighted by Gasteiger charge is -2.23. The Morgan fingerprint density at radius 1 is 1.56 bits per heavy atom. The summed E-state index contributed by atoms with van der Waals surface area (Å²) in [6.07, 6.45) is 3.37. The monoisotopic (exact) mass is 332 g/mol. The molecule has 16 heavy (non-hydrogen) atoms. The first-order valence-electron chi connectivity index (χ1n) is 5.47. The molecule has 2 aliphatic heterocycles. The smallest absolute Gasteiger partial charge is 0.175 e.